The molecule has 0 saturated carbocycles. The summed E-state index contributed by atoms with van der Waals surface area (Å²) in [7, 11) is 1.22. The van der Waals surface area contributed by atoms with Crippen LogP contribution in [-0.4, -0.2) is 37.8 Å². The highest BCUT2D eigenvalue weighted by atomic mass is 16.5. The van der Waals surface area contributed by atoms with Crippen molar-refractivity contribution >= 4 is 19.6 Å². The molecule has 0 aliphatic rings. The van der Waals surface area contributed by atoms with E-state index in [0.29, 0.717) is 12.6 Å². The van der Waals surface area contributed by atoms with E-state index in [0.717, 1.165) is 5.56 Å². The van der Waals surface area contributed by atoms with Crippen molar-refractivity contribution in [1.29, 1.82) is 0 Å². The average Bonchev–Trinajstić information content (AvgIpc) is 2.47. The standard InChI is InChI=1S/C16H24BN2O3/c1-11(2)22-16(21)15(19-17-10-20)9-14(12(3)18)13-7-5-4-6-8-13/h4-8,10-12,14-15,19H,9,18H2,1-3H3/t12-,14+,15+/m1/s1. The molecule has 6 heteroatoms. The SMILES string of the molecule is CC(C)OC(=O)[C@H](C[C@H](c1ccccc1)[C@@H](C)N)N[B]C=O. The number of carbonyl (C=O) groups is 2. The van der Waals surface area contributed by atoms with Crippen molar-refractivity contribution in [1.82, 2.24) is 5.23 Å². The normalized spacial score (nSPS) is 15.0. The van der Waals surface area contributed by atoms with Crippen molar-refractivity contribution in [2.75, 3.05) is 0 Å². The van der Waals surface area contributed by atoms with E-state index in [1.807, 2.05) is 37.3 Å². The second kappa shape index (κ2) is 9.38. The molecule has 1 rings (SSSR count). The van der Waals surface area contributed by atoms with Gasteiger partial charge in [0.25, 0.3) is 7.41 Å². The summed E-state index contributed by atoms with van der Waals surface area (Å²) in [6.07, 6.45) is 0.856. The molecular formula is C16H24BN2O3. The maximum Gasteiger partial charge on any atom is 0.322 e. The van der Waals surface area contributed by atoms with Gasteiger partial charge < -0.3 is 20.5 Å². The van der Waals surface area contributed by atoms with Crippen LogP contribution >= 0.6 is 0 Å². The van der Waals surface area contributed by atoms with Crippen molar-refractivity contribution in [2.45, 2.75) is 51.3 Å². The Morgan fingerprint density at radius 2 is 1.95 bits per heavy atom. The summed E-state index contributed by atoms with van der Waals surface area (Å²) in [6, 6.07) is 9.06. The van der Waals surface area contributed by atoms with Crippen molar-refractivity contribution < 1.29 is 14.3 Å². The number of rotatable bonds is 9. The lowest BCUT2D eigenvalue weighted by molar-refractivity contribution is -0.149. The molecule has 0 spiro atoms. The summed E-state index contributed by atoms with van der Waals surface area (Å²) in [5, 5.41) is 2.81. The van der Waals surface area contributed by atoms with Crippen LogP contribution in [0.4, 0.5) is 0 Å². The van der Waals surface area contributed by atoms with Gasteiger partial charge in [-0.25, -0.2) is 0 Å². The van der Waals surface area contributed by atoms with Crippen molar-refractivity contribution in [3.05, 3.63) is 35.9 Å². The van der Waals surface area contributed by atoms with Crippen molar-refractivity contribution in [3.63, 3.8) is 0 Å². The van der Waals surface area contributed by atoms with Crippen LogP contribution in [0.5, 0.6) is 0 Å². The molecule has 0 heterocycles. The summed E-state index contributed by atoms with van der Waals surface area (Å²) in [6.45, 7) is 5.49. The Bertz CT molecular complexity index is 466. The third-order valence-electron chi connectivity index (χ3n) is 3.35. The number of hydrogen-bond donors (Lipinski definition) is 2. The lowest BCUT2D eigenvalue weighted by Crippen LogP contribution is -2.44. The number of nitrogens with two attached hydrogens (primary N) is 1. The summed E-state index contributed by atoms with van der Waals surface area (Å²) < 4.78 is 5.25. The smallest absolute Gasteiger partial charge is 0.322 e. The minimum absolute atomic E-state index is 0.0153. The third-order valence-corrected chi connectivity index (χ3v) is 3.35. The van der Waals surface area contributed by atoms with Gasteiger partial charge in [0.2, 0.25) is 0 Å². The maximum atomic E-state index is 12.2. The lowest BCUT2D eigenvalue weighted by atomic mass is 9.85. The Morgan fingerprint density at radius 3 is 2.45 bits per heavy atom. The number of carbonyl (C=O) groups excluding carboxylic acids is 2. The summed E-state index contributed by atoms with van der Waals surface area (Å²) in [5.41, 5.74) is 7.15. The number of nitrogens with one attached hydrogen (secondary N) is 1. The van der Waals surface area contributed by atoms with Crippen LogP contribution in [0.3, 0.4) is 0 Å². The highest BCUT2D eigenvalue weighted by Crippen LogP contribution is 2.24. The highest BCUT2D eigenvalue weighted by Gasteiger charge is 2.27. The number of benzene rings is 1. The largest absolute Gasteiger partial charge is 0.462 e. The zero-order valence-electron chi connectivity index (χ0n) is 13.4. The van der Waals surface area contributed by atoms with Gasteiger partial charge in [-0.05, 0) is 32.8 Å². The second-order valence-electron chi connectivity index (χ2n) is 5.62. The van der Waals surface area contributed by atoms with E-state index in [2.05, 4.69) is 5.23 Å². The Kier molecular flexibility index (Phi) is 7.84. The predicted octanol–water partition coefficient (Wildman–Crippen LogP) is 1.23. The van der Waals surface area contributed by atoms with Gasteiger partial charge in [0, 0.05) is 12.0 Å². The van der Waals surface area contributed by atoms with Gasteiger partial charge >= 0.3 is 5.97 Å². The Labute approximate surface area is 132 Å². The highest BCUT2D eigenvalue weighted by molar-refractivity contribution is 6.64. The zero-order chi connectivity index (χ0) is 16.5. The van der Waals surface area contributed by atoms with Crippen LogP contribution in [0.15, 0.2) is 30.3 Å². The van der Waals surface area contributed by atoms with E-state index in [9.17, 15) is 9.59 Å². The summed E-state index contributed by atoms with van der Waals surface area (Å²) in [4.78, 5) is 22.7. The Hall–Kier alpha value is -1.66. The molecule has 0 bridgehead atoms. The number of ether oxygens (including phenoxy) is 1. The van der Waals surface area contributed by atoms with Gasteiger partial charge in [0.15, 0.2) is 0 Å². The van der Waals surface area contributed by atoms with Crippen LogP contribution in [0.25, 0.3) is 0 Å². The molecule has 0 fully saturated rings. The summed E-state index contributed by atoms with van der Waals surface area (Å²) in [5.74, 6) is -0.395. The third kappa shape index (κ3) is 5.99. The van der Waals surface area contributed by atoms with Crippen LogP contribution < -0.4 is 11.0 Å². The van der Waals surface area contributed by atoms with Crippen LogP contribution in [0.1, 0.15) is 38.7 Å². The number of hydrogen-bond acceptors (Lipinski definition) is 5. The lowest BCUT2D eigenvalue weighted by Gasteiger charge is -2.26. The topological polar surface area (TPSA) is 81.4 Å². The first-order chi connectivity index (χ1) is 10.5. The fourth-order valence-electron chi connectivity index (χ4n) is 2.31. The quantitative estimate of drug-likeness (QED) is 0.407. The first-order valence-electron chi connectivity index (χ1n) is 7.49. The molecule has 1 radical (unpaired) electrons. The first kappa shape index (κ1) is 18.4. The molecule has 3 atom stereocenters. The molecule has 0 unspecified atom stereocenters. The first-order valence-corrected chi connectivity index (χ1v) is 7.49. The molecule has 1 aromatic carbocycles. The van der Waals surface area contributed by atoms with Gasteiger partial charge in [-0.2, -0.15) is 0 Å². The molecule has 1 aromatic rings. The van der Waals surface area contributed by atoms with Crippen LogP contribution in [0.2, 0.25) is 0 Å². The monoisotopic (exact) mass is 303 g/mol. The second-order valence-corrected chi connectivity index (χ2v) is 5.62. The van der Waals surface area contributed by atoms with E-state index >= 15 is 0 Å². The van der Waals surface area contributed by atoms with E-state index in [1.54, 1.807) is 13.8 Å². The van der Waals surface area contributed by atoms with E-state index in [-0.39, 0.29) is 24.0 Å². The van der Waals surface area contributed by atoms with Gasteiger partial charge in [0.1, 0.15) is 0 Å². The molecule has 0 aromatic heterocycles. The van der Waals surface area contributed by atoms with Gasteiger partial charge in [-0.1, -0.05) is 30.3 Å². The van der Waals surface area contributed by atoms with Crippen molar-refractivity contribution in [2.24, 2.45) is 5.73 Å². The van der Waals surface area contributed by atoms with Gasteiger partial charge in [0.05, 0.1) is 18.3 Å². The fraction of sp³-hybridized carbons (Fsp3) is 0.500. The number of esters is 1. The van der Waals surface area contributed by atoms with E-state index in [1.165, 1.54) is 7.41 Å². The molecule has 5 nitrogen and oxygen atoms in total. The van der Waals surface area contributed by atoms with Gasteiger partial charge in [-0.3, -0.25) is 4.79 Å². The molecule has 3 N–H and O–H groups in total. The predicted molar refractivity (Wildman–Crippen MR) is 88.1 cm³/mol. The van der Waals surface area contributed by atoms with Crippen molar-refractivity contribution in [3.8, 4) is 0 Å². The fourth-order valence-corrected chi connectivity index (χ4v) is 2.31. The average molecular weight is 303 g/mol. The maximum absolute atomic E-state index is 12.2. The van der Waals surface area contributed by atoms with Gasteiger partial charge in [-0.15, -0.1) is 0 Å². The molecule has 0 aliphatic carbocycles. The summed E-state index contributed by atoms with van der Waals surface area (Å²) >= 11 is 0. The van der Waals surface area contributed by atoms with Crippen LogP contribution in [-0.2, 0) is 14.3 Å². The molecule has 0 aliphatic heterocycles. The molecular weight excluding hydrogens is 279 g/mol. The minimum atomic E-state index is -0.608. The van der Waals surface area contributed by atoms with Crippen LogP contribution in [0, 0.1) is 0 Å². The van der Waals surface area contributed by atoms with E-state index < -0.39 is 6.04 Å². The Balaban J connectivity index is 2.88. The molecule has 0 amide bonds. The Morgan fingerprint density at radius 1 is 1.32 bits per heavy atom. The molecule has 22 heavy (non-hydrogen) atoms. The molecule has 0 saturated heterocycles. The molecule has 119 valence electrons. The zero-order valence-corrected chi connectivity index (χ0v) is 13.4. The van der Waals surface area contributed by atoms with E-state index in [4.69, 9.17) is 10.5 Å². The minimum Gasteiger partial charge on any atom is -0.462 e.